The number of aromatic nitrogens is 1. The highest BCUT2D eigenvalue weighted by Gasteiger charge is 2.16. The highest BCUT2D eigenvalue weighted by Crippen LogP contribution is 2.22. The smallest absolute Gasteiger partial charge is 0.325 e. The predicted molar refractivity (Wildman–Crippen MR) is 106 cm³/mol. The fraction of sp³-hybridized carbons (Fsp3) is 0.227. The van der Waals surface area contributed by atoms with E-state index in [-0.39, 0.29) is 24.8 Å². The highest BCUT2D eigenvalue weighted by atomic mass is 16.5. The Morgan fingerprint density at radius 2 is 1.89 bits per heavy atom. The van der Waals surface area contributed by atoms with Crippen molar-refractivity contribution < 1.29 is 19.1 Å². The van der Waals surface area contributed by atoms with Gasteiger partial charge in [0, 0.05) is 28.2 Å². The summed E-state index contributed by atoms with van der Waals surface area (Å²) in [6.45, 7) is 3.26. The lowest BCUT2D eigenvalue weighted by atomic mass is 10.1. The number of rotatable bonds is 7. The molecule has 3 rings (SSSR count). The van der Waals surface area contributed by atoms with Gasteiger partial charge in [0.15, 0.2) is 6.61 Å². The van der Waals surface area contributed by atoms with Crippen molar-refractivity contribution >= 4 is 28.6 Å². The van der Waals surface area contributed by atoms with Crippen molar-refractivity contribution in [1.82, 2.24) is 10.3 Å². The molecule has 0 radical (unpaired) electrons. The van der Waals surface area contributed by atoms with Crippen LogP contribution in [0.3, 0.4) is 0 Å². The van der Waals surface area contributed by atoms with Crippen molar-refractivity contribution in [3.8, 4) is 0 Å². The standard InChI is InChI=1S/C22H22N2O4/c1-3-15-7-5-9-17-18(11-23-21(15)17)19(25)13-28-20(26)12-24-22(27)16-8-4-6-14(2)10-16/h4-11,23H,3,12-13H2,1-2H3,(H,24,27). The topological polar surface area (TPSA) is 88.3 Å². The van der Waals surface area contributed by atoms with Crippen LogP contribution >= 0.6 is 0 Å². The number of carbonyl (C=O) groups excluding carboxylic acids is 3. The number of amides is 1. The number of hydrogen-bond donors (Lipinski definition) is 2. The second-order valence-electron chi connectivity index (χ2n) is 6.53. The first kappa shape index (κ1) is 19.4. The van der Waals surface area contributed by atoms with Gasteiger partial charge in [0.1, 0.15) is 6.54 Å². The maximum atomic E-state index is 12.4. The molecule has 6 nitrogen and oxygen atoms in total. The lowest BCUT2D eigenvalue weighted by molar-refractivity contribution is -0.141. The Hall–Kier alpha value is -3.41. The molecule has 0 atom stereocenters. The molecule has 144 valence electrons. The van der Waals surface area contributed by atoms with Crippen LogP contribution in [0.1, 0.15) is 38.8 Å². The molecule has 3 aromatic rings. The number of Topliss-reactive ketones (excluding diaryl/α,β-unsaturated/α-hetero) is 1. The first-order valence-electron chi connectivity index (χ1n) is 9.12. The Morgan fingerprint density at radius 1 is 1.11 bits per heavy atom. The van der Waals surface area contributed by atoms with Crippen molar-refractivity contribution in [3.63, 3.8) is 0 Å². The minimum Gasteiger partial charge on any atom is -0.456 e. The van der Waals surface area contributed by atoms with Crippen molar-refractivity contribution in [2.45, 2.75) is 20.3 Å². The van der Waals surface area contributed by atoms with Crippen molar-refractivity contribution in [2.75, 3.05) is 13.2 Å². The van der Waals surface area contributed by atoms with Gasteiger partial charge in [-0.15, -0.1) is 0 Å². The van der Waals surface area contributed by atoms with Crippen LogP contribution in [0.4, 0.5) is 0 Å². The molecule has 0 aliphatic rings. The normalized spacial score (nSPS) is 10.6. The van der Waals surface area contributed by atoms with Gasteiger partial charge in [-0.3, -0.25) is 14.4 Å². The fourth-order valence-electron chi connectivity index (χ4n) is 3.06. The lowest BCUT2D eigenvalue weighted by Gasteiger charge is -2.07. The number of nitrogens with one attached hydrogen (secondary N) is 2. The number of aromatic amines is 1. The van der Waals surface area contributed by atoms with E-state index in [0.29, 0.717) is 11.1 Å². The molecule has 0 bridgehead atoms. The second-order valence-corrected chi connectivity index (χ2v) is 6.53. The van der Waals surface area contributed by atoms with Gasteiger partial charge in [0.2, 0.25) is 5.78 Å². The second kappa shape index (κ2) is 8.52. The number of para-hydroxylation sites is 1. The van der Waals surface area contributed by atoms with Crippen LogP contribution in [0.2, 0.25) is 0 Å². The summed E-state index contributed by atoms with van der Waals surface area (Å²) in [5.41, 5.74) is 3.94. The van der Waals surface area contributed by atoms with Crippen LogP contribution < -0.4 is 5.32 Å². The number of aryl methyl sites for hydroxylation is 2. The Balaban J connectivity index is 1.55. The zero-order valence-electron chi connectivity index (χ0n) is 15.9. The van der Waals surface area contributed by atoms with E-state index < -0.39 is 5.97 Å². The number of fused-ring (bicyclic) bond motifs is 1. The average Bonchev–Trinajstić information content (AvgIpc) is 3.14. The third-order valence-corrected chi connectivity index (χ3v) is 4.52. The molecule has 1 amide bonds. The number of ketones is 1. The van der Waals surface area contributed by atoms with E-state index in [1.165, 1.54) is 0 Å². The molecule has 0 spiro atoms. The van der Waals surface area contributed by atoms with E-state index in [9.17, 15) is 14.4 Å². The van der Waals surface area contributed by atoms with Gasteiger partial charge >= 0.3 is 5.97 Å². The maximum Gasteiger partial charge on any atom is 0.325 e. The summed E-state index contributed by atoms with van der Waals surface area (Å²) in [5.74, 6) is -1.32. The highest BCUT2D eigenvalue weighted by molar-refractivity contribution is 6.09. The van der Waals surface area contributed by atoms with Crippen LogP contribution in [0.15, 0.2) is 48.7 Å². The zero-order valence-corrected chi connectivity index (χ0v) is 15.9. The van der Waals surface area contributed by atoms with Gasteiger partial charge in [-0.05, 0) is 31.0 Å². The number of benzene rings is 2. The zero-order chi connectivity index (χ0) is 20.1. The van der Waals surface area contributed by atoms with Crippen LogP contribution in [-0.2, 0) is 16.0 Å². The van der Waals surface area contributed by atoms with E-state index in [0.717, 1.165) is 28.5 Å². The summed E-state index contributed by atoms with van der Waals surface area (Å²) < 4.78 is 5.03. The Morgan fingerprint density at radius 3 is 2.64 bits per heavy atom. The van der Waals surface area contributed by atoms with Crippen molar-refractivity contribution in [1.29, 1.82) is 0 Å². The van der Waals surface area contributed by atoms with Gasteiger partial charge in [0.25, 0.3) is 5.91 Å². The molecule has 1 aromatic heterocycles. The molecule has 28 heavy (non-hydrogen) atoms. The van der Waals surface area contributed by atoms with Gasteiger partial charge < -0.3 is 15.0 Å². The molecule has 0 aliphatic carbocycles. The van der Waals surface area contributed by atoms with E-state index in [1.54, 1.807) is 24.4 Å². The van der Waals surface area contributed by atoms with E-state index >= 15 is 0 Å². The summed E-state index contributed by atoms with van der Waals surface area (Å²) in [7, 11) is 0. The van der Waals surface area contributed by atoms with Gasteiger partial charge in [0.05, 0.1) is 0 Å². The van der Waals surface area contributed by atoms with Gasteiger partial charge in [-0.1, -0.05) is 42.8 Å². The number of H-pyrrole nitrogens is 1. The van der Waals surface area contributed by atoms with Crippen molar-refractivity contribution in [3.05, 3.63) is 70.9 Å². The van der Waals surface area contributed by atoms with E-state index in [4.69, 9.17) is 4.74 Å². The third-order valence-electron chi connectivity index (χ3n) is 4.52. The predicted octanol–water partition coefficient (Wildman–Crippen LogP) is 3.19. The Labute approximate surface area is 162 Å². The molecule has 0 saturated heterocycles. The molecule has 0 fully saturated rings. The molecule has 1 heterocycles. The molecule has 0 saturated carbocycles. The Kier molecular flexibility index (Phi) is 5.89. The minimum atomic E-state index is -0.663. The van der Waals surface area contributed by atoms with E-state index in [2.05, 4.69) is 10.3 Å². The van der Waals surface area contributed by atoms with Crippen LogP contribution in [0.25, 0.3) is 10.9 Å². The maximum absolute atomic E-state index is 12.4. The largest absolute Gasteiger partial charge is 0.456 e. The summed E-state index contributed by atoms with van der Waals surface area (Å²) in [4.78, 5) is 39.5. The summed E-state index contributed by atoms with van der Waals surface area (Å²) in [5, 5.41) is 3.31. The number of esters is 1. The molecular weight excluding hydrogens is 356 g/mol. The molecule has 0 unspecified atom stereocenters. The van der Waals surface area contributed by atoms with Crippen LogP contribution in [0, 0.1) is 6.92 Å². The number of ether oxygens (including phenoxy) is 1. The SMILES string of the molecule is CCc1cccc2c(C(=O)COC(=O)CNC(=O)c3cccc(C)c3)c[nH]c12. The number of carbonyl (C=O) groups is 3. The van der Waals surface area contributed by atoms with Crippen molar-refractivity contribution in [2.24, 2.45) is 0 Å². The summed E-state index contributed by atoms with van der Waals surface area (Å²) >= 11 is 0. The monoisotopic (exact) mass is 378 g/mol. The van der Waals surface area contributed by atoms with E-state index in [1.807, 2.05) is 38.1 Å². The quantitative estimate of drug-likeness (QED) is 0.488. The van der Waals surface area contributed by atoms with Crippen LogP contribution in [-0.4, -0.2) is 35.8 Å². The Bertz CT molecular complexity index is 1040. The first-order valence-corrected chi connectivity index (χ1v) is 9.12. The summed E-state index contributed by atoms with van der Waals surface area (Å²) in [6.07, 6.45) is 2.49. The van der Waals surface area contributed by atoms with Gasteiger partial charge in [-0.25, -0.2) is 0 Å². The molecule has 0 aliphatic heterocycles. The number of hydrogen-bond acceptors (Lipinski definition) is 4. The summed E-state index contributed by atoms with van der Waals surface area (Å²) in [6, 6.07) is 12.8. The minimum absolute atomic E-state index is 0.294. The first-order chi connectivity index (χ1) is 13.5. The molecular formula is C22H22N2O4. The van der Waals surface area contributed by atoms with Crippen LogP contribution in [0.5, 0.6) is 0 Å². The molecule has 2 N–H and O–H groups in total. The third kappa shape index (κ3) is 4.28. The molecule has 6 heteroatoms. The fourth-order valence-corrected chi connectivity index (χ4v) is 3.06. The average molecular weight is 378 g/mol. The molecule has 2 aromatic carbocycles. The van der Waals surface area contributed by atoms with Gasteiger partial charge in [-0.2, -0.15) is 0 Å². The lowest BCUT2D eigenvalue weighted by Crippen LogP contribution is -2.31.